The molecule has 0 saturated heterocycles. The van der Waals surface area contributed by atoms with Crippen molar-refractivity contribution in [3.8, 4) is 22.9 Å². The van der Waals surface area contributed by atoms with Gasteiger partial charge >= 0.3 is 0 Å². The number of nitriles is 1. The van der Waals surface area contributed by atoms with E-state index in [0.717, 1.165) is 23.3 Å². The third kappa shape index (κ3) is 3.73. The minimum absolute atomic E-state index is 0.678. The molecule has 100 valence electrons. The van der Waals surface area contributed by atoms with Crippen LogP contribution in [0.5, 0.6) is 5.75 Å². The van der Waals surface area contributed by atoms with Gasteiger partial charge in [0.2, 0.25) is 0 Å². The number of rotatable bonds is 5. The largest absolute Gasteiger partial charge is 0.493 e. The number of ether oxygens (including phenoxy) is 1. The summed E-state index contributed by atoms with van der Waals surface area (Å²) < 4.78 is 5.64. The molecule has 0 aromatic heterocycles. The van der Waals surface area contributed by atoms with Crippen molar-refractivity contribution in [3.05, 3.63) is 66.2 Å². The molecule has 0 fully saturated rings. The first-order valence-electron chi connectivity index (χ1n) is 6.68. The lowest BCUT2D eigenvalue weighted by atomic mass is 10.0. The van der Waals surface area contributed by atoms with Gasteiger partial charge in [0, 0.05) is 0 Å². The number of nitrogens with zero attached hydrogens (tertiary/aromatic N) is 1. The Hall–Kier alpha value is -2.53. The lowest BCUT2D eigenvalue weighted by Crippen LogP contribution is -1.95. The Morgan fingerprint density at radius 2 is 1.60 bits per heavy atom. The molecule has 0 unspecified atom stereocenters. The molecule has 0 aliphatic heterocycles. The van der Waals surface area contributed by atoms with Crippen LogP contribution in [0.1, 0.15) is 18.9 Å². The van der Waals surface area contributed by atoms with E-state index in [-0.39, 0.29) is 0 Å². The molecule has 2 nitrogen and oxygen atoms in total. The lowest BCUT2D eigenvalue weighted by Gasteiger charge is -2.06. The molecule has 0 heterocycles. The number of hydrogen-bond acceptors (Lipinski definition) is 2. The van der Waals surface area contributed by atoms with Crippen LogP contribution in [0.3, 0.4) is 0 Å². The van der Waals surface area contributed by atoms with Crippen molar-refractivity contribution in [1.29, 1.82) is 5.26 Å². The van der Waals surface area contributed by atoms with Crippen molar-refractivity contribution in [1.82, 2.24) is 0 Å². The maximum Gasteiger partial charge on any atom is 0.119 e. The zero-order chi connectivity index (χ0) is 14.2. The Morgan fingerprint density at radius 3 is 2.15 bits per heavy atom. The first-order chi connectivity index (χ1) is 9.83. The van der Waals surface area contributed by atoms with Gasteiger partial charge < -0.3 is 4.74 Å². The highest BCUT2D eigenvalue weighted by Crippen LogP contribution is 2.22. The highest BCUT2D eigenvalue weighted by molar-refractivity contribution is 5.64. The molecule has 0 bridgehead atoms. The zero-order valence-electron chi connectivity index (χ0n) is 11.5. The van der Waals surface area contributed by atoms with Crippen LogP contribution in [-0.4, -0.2) is 6.61 Å². The van der Waals surface area contributed by atoms with Gasteiger partial charge in [-0.1, -0.05) is 36.4 Å². The fourth-order valence-corrected chi connectivity index (χ4v) is 1.89. The van der Waals surface area contributed by atoms with Gasteiger partial charge in [-0.3, -0.25) is 0 Å². The van der Waals surface area contributed by atoms with E-state index < -0.39 is 0 Å². The van der Waals surface area contributed by atoms with Crippen molar-refractivity contribution >= 4 is 0 Å². The van der Waals surface area contributed by atoms with E-state index in [4.69, 9.17) is 10.00 Å². The topological polar surface area (TPSA) is 33.0 Å². The Balaban J connectivity index is 2.02. The van der Waals surface area contributed by atoms with E-state index in [1.54, 1.807) is 0 Å². The summed E-state index contributed by atoms with van der Waals surface area (Å²) in [5.41, 5.74) is 2.90. The molecular formula is C18H17NO. The summed E-state index contributed by atoms with van der Waals surface area (Å²) in [4.78, 5) is 0. The fourth-order valence-electron chi connectivity index (χ4n) is 1.89. The standard InChI is InChI=1S/C18H17NO/c1-2-3-4-13-20-18-11-9-17(10-12-18)16-7-5-15(14-19)6-8-16/h2-3,5-12H,4,13H2,1H3/b3-2-. The number of hydrogen-bond donors (Lipinski definition) is 0. The Labute approximate surface area is 119 Å². The first kappa shape index (κ1) is 13.9. The summed E-state index contributed by atoms with van der Waals surface area (Å²) in [6, 6.07) is 17.7. The number of benzene rings is 2. The smallest absolute Gasteiger partial charge is 0.119 e. The molecule has 0 N–H and O–H groups in total. The molecule has 20 heavy (non-hydrogen) atoms. The molecule has 0 spiro atoms. The normalized spacial score (nSPS) is 10.4. The van der Waals surface area contributed by atoms with Crippen LogP contribution in [0.25, 0.3) is 11.1 Å². The molecule has 2 heteroatoms. The molecular weight excluding hydrogens is 246 g/mol. The summed E-state index contributed by atoms with van der Waals surface area (Å²) in [5.74, 6) is 0.881. The van der Waals surface area contributed by atoms with Gasteiger partial charge in [-0.05, 0) is 48.7 Å². The summed E-state index contributed by atoms with van der Waals surface area (Å²) in [7, 11) is 0. The van der Waals surface area contributed by atoms with E-state index in [1.807, 2.05) is 61.5 Å². The van der Waals surface area contributed by atoms with Gasteiger partial charge in [0.1, 0.15) is 5.75 Å². The third-order valence-corrected chi connectivity index (χ3v) is 2.99. The zero-order valence-corrected chi connectivity index (χ0v) is 11.5. The van der Waals surface area contributed by atoms with Crippen LogP contribution in [-0.2, 0) is 0 Å². The van der Waals surface area contributed by atoms with Gasteiger partial charge in [-0.15, -0.1) is 0 Å². The maximum atomic E-state index is 8.78. The van der Waals surface area contributed by atoms with E-state index >= 15 is 0 Å². The summed E-state index contributed by atoms with van der Waals surface area (Å²) in [6.07, 6.45) is 5.04. The molecule has 0 amide bonds. The average molecular weight is 263 g/mol. The van der Waals surface area contributed by atoms with E-state index in [9.17, 15) is 0 Å². The molecule has 0 atom stereocenters. The minimum Gasteiger partial charge on any atom is -0.493 e. The molecule has 2 aromatic rings. The highest BCUT2D eigenvalue weighted by atomic mass is 16.5. The Bertz CT molecular complexity index is 603. The predicted molar refractivity (Wildman–Crippen MR) is 81.5 cm³/mol. The summed E-state index contributed by atoms with van der Waals surface area (Å²) in [5, 5.41) is 8.78. The summed E-state index contributed by atoms with van der Waals surface area (Å²) >= 11 is 0. The Kier molecular flexibility index (Phi) is 4.97. The van der Waals surface area contributed by atoms with Crippen molar-refractivity contribution in [2.45, 2.75) is 13.3 Å². The van der Waals surface area contributed by atoms with Crippen molar-refractivity contribution in [2.24, 2.45) is 0 Å². The quantitative estimate of drug-likeness (QED) is 0.584. The monoisotopic (exact) mass is 263 g/mol. The van der Waals surface area contributed by atoms with Gasteiger partial charge in [-0.25, -0.2) is 0 Å². The van der Waals surface area contributed by atoms with Gasteiger partial charge in [-0.2, -0.15) is 5.26 Å². The minimum atomic E-state index is 0.678. The van der Waals surface area contributed by atoms with Crippen LogP contribution in [0.4, 0.5) is 0 Å². The second-order valence-electron chi connectivity index (χ2n) is 4.42. The summed E-state index contributed by atoms with van der Waals surface area (Å²) in [6.45, 7) is 2.70. The van der Waals surface area contributed by atoms with Crippen molar-refractivity contribution < 1.29 is 4.74 Å². The molecule has 0 radical (unpaired) electrons. The molecule has 0 aliphatic rings. The predicted octanol–water partition coefficient (Wildman–Crippen LogP) is 4.57. The van der Waals surface area contributed by atoms with Crippen LogP contribution in [0, 0.1) is 11.3 Å². The SMILES string of the molecule is C/C=C\CCOc1ccc(-c2ccc(C#N)cc2)cc1. The Morgan fingerprint density at radius 1 is 1.00 bits per heavy atom. The fraction of sp³-hybridized carbons (Fsp3) is 0.167. The highest BCUT2D eigenvalue weighted by Gasteiger charge is 1.99. The maximum absolute atomic E-state index is 8.78. The molecule has 0 saturated carbocycles. The third-order valence-electron chi connectivity index (χ3n) is 2.99. The van der Waals surface area contributed by atoms with Crippen molar-refractivity contribution in [3.63, 3.8) is 0 Å². The van der Waals surface area contributed by atoms with Crippen LogP contribution in [0.2, 0.25) is 0 Å². The molecule has 2 aromatic carbocycles. The van der Waals surface area contributed by atoms with Gasteiger partial charge in [0.15, 0.2) is 0 Å². The van der Waals surface area contributed by atoms with Crippen molar-refractivity contribution in [2.75, 3.05) is 6.61 Å². The van der Waals surface area contributed by atoms with E-state index in [2.05, 4.69) is 12.1 Å². The molecule has 0 aliphatic carbocycles. The number of allylic oxidation sites excluding steroid dienone is 1. The molecule has 2 rings (SSSR count). The second-order valence-corrected chi connectivity index (χ2v) is 4.42. The first-order valence-corrected chi connectivity index (χ1v) is 6.68. The van der Waals surface area contributed by atoms with E-state index in [0.29, 0.717) is 12.2 Å². The lowest BCUT2D eigenvalue weighted by molar-refractivity contribution is 0.325. The van der Waals surface area contributed by atoms with Gasteiger partial charge in [0.25, 0.3) is 0 Å². The van der Waals surface area contributed by atoms with Crippen LogP contribution >= 0.6 is 0 Å². The van der Waals surface area contributed by atoms with Crippen LogP contribution < -0.4 is 4.74 Å². The van der Waals surface area contributed by atoms with Gasteiger partial charge in [0.05, 0.1) is 18.2 Å². The second kappa shape index (κ2) is 7.16. The average Bonchev–Trinajstić information content (AvgIpc) is 2.52. The van der Waals surface area contributed by atoms with E-state index in [1.165, 1.54) is 0 Å². The van der Waals surface area contributed by atoms with Crippen LogP contribution in [0.15, 0.2) is 60.7 Å².